The molecule has 5 heteroatoms. The lowest BCUT2D eigenvalue weighted by molar-refractivity contribution is 0.0950. The summed E-state index contributed by atoms with van der Waals surface area (Å²) in [6.07, 6.45) is 3.09. The summed E-state index contributed by atoms with van der Waals surface area (Å²) in [5.41, 5.74) is 6.27. The standard InChI is InChI=1S/C11H18BrN3O/c1-3-8(6-13)5-10(16)11-9(12)7-14-15(11)4-2/h7-8H,3-6,13H2,1-2H3. The van der Waals surface area contributed by atoms with Crippen LogP contribution < -0.4 is 5.73 Å². The molecule has 16 heavy (non-hydrogen) atoms. The van der Waals surface area contributed by atoms with E-state index in [0.29, 0.717) is 25.2 Å². The third-order valence-corrected chi connectivity index (χ3v) is 3.32. The Hall–Kier alpha value is -0.680. The van der Waals surface area contributed by atoms with Gasteiger partial charge in [0.05, 0.1) is 10.7 Å². The molecule has 0 amide bonds. The summed E-state index contributed by atoms with van der Waals surface area (Å²) in [4.78, 5) is 12.1. The van der Waals surface area contributed by atoms with E-state index in [1.165, 1.54) is 0 Å². The van der Waals surface area contributed by atoms with Crippen LogP contribution in [0.15, 0.2) is 10.7 Å². The molecule has 0 aliphatic rings. The van der Waals surface area contributed by atoms with Crippen molar-refractivity contribution in [1.29, 1.82) is 0 Å². The highest BCUT2D eigenvalue weighted by Gasteiger charge is 2.19. The zero-order valence-electron chi connectivity index (χ0n) is 9.74. The summed E-state index contributed by atoms with van der Waals surface area (Å²) >= 11 is 3.36. The first-order valence-electron chi connectivity index (χ1n) is 5.58. The smallest absolute Gasteiger partial charge is 0.182 e. The maximum atomic E-state index is 12.1. The molecule has 2 N–H and O–H groups in total. The minimum Gasteiger partial charge on any atom is -0.330 e. The average Bonchev–Trinajstić information content (AvgIpc) is 2.67. The Morgan fingerprint density at radius 2 is 2.31 bits per heavy atom. The van der Waals surface area contributed by atoms with Gasteiger partial charge in [0, 0.05) is 13.0 Å². The van der Waals surface area contributed by atoms with Gasteiger partial charge in [0.1, 0.15) is 5.69 Å². The number of hydrogen-bond donors (Lipinski definition) is 1. The predicted molar refractivity (Wildman–Crippen MR) is 67.4 cm³/mol. The Morgan fingerprint density at radius 3 is 2.81 bits per heavy atom. The number of Topliss-reactive ketones (excluding diaryl/α,β-unsaturated/α-hetero) is 1. The molecule has 1 aromatic heterocycles. The molecule has 1 heterocycles. The molecule has 90 valence electrons. The maximum Gasteiger partial charge on any atom is 0.182 e. The quantitative estimate of drug-likeness (QED) is 0.816. The molecule has 1 aromatic rings. The van der Waals surface area contributed by atoms with Crippen molar-refractivity contribution in [3.8, 4) is 0 Å². The van der Waals surface area contributed by atoms with E-state index in [1.54, 1.807) is 10.9 Å². The van der Waals surface area contributed by atoms with E-state index >= 15 is 0 Å². The van der Waals surface area contributed by atoms with E-state index in [1.807, 2.05) is 6.92 Å². The Balaban J connectivity index is 2.83. The fraction of sp³-hybridized carbons (Fsp3) is 0.636. The lowest BCUT2D eigenvalue weighted by Crippen LogP contribution is -2.19. The van der Waals surface area contributed by atoms with Gasteiger partial charge in [-0.15, -0.1) is 0 Å². The molecule has 1 rings (SSSR count). The van der Waals surface area contributed by atoms with E-state index < -0.39 is 0 Å². The lowest BCUT2D eigenvalue weighted by atomic mass is 9.98. The first-order chi connectivity index (χ1) is 7.63. The van der Waals surface area contributed by atoms with Crippen LogP contribution >= 0.6 is 15.9 Å². The number of halogens is 1. The van der Waals surface area contributed by atoms with Gasteiger partial charge < -0.3 is 5.73 Å². The van der Waals surface area contributed by atoms with Gasteiger partial charge in [-0.25, -0.2) is 0 Å². The molecule has 1 unspecified atom stereocenters. The highest BCUT2D eigenvalue weighted by Crippen LogP contribution is 2.20. The summed E-state index contributed by atoms with van der Waals surface area (Å²) < 4.78 is 2.49. The van der Waals surface area contributed by atoms with Crippen molar-refractivity contribution in [2.45, 2.75) is 33.2 Å². The van der Waals surface area contributed by atoms with Crippen LogP contribution in [0.2, 0.25) is 0 Å². The minimum absolute atomic E-state index is 0.114. The fourth-order valence-corrected chi connectivity index (χ4v) is 2.15. The Morgan fingerprint density at radius 1 is 1.62 bits per heavy atom. The summed E-state index contributed by atoms with van der Waals surface area (Å²) in [5, 5.41) is 4.13. The number of hydrogen-bond acceptors (Lipinski definition) is 3. The maximum absolute atomic E-state index is 12.1. The summed E-state index contributed by atoms with van der Waals surface area (Å²) in [7, 11) is 0. The summed E-state index contributed by atoms with van der Waals surface area (Å²) in [6.45, 7) is 5.28. The van der Waals surface area contributed by atoms with Crippen LogP contribution in [0.1, 0.15) is 37.2 Å². The van der Waals surface area contributed by atoms with Crippen molar-refractivity contribution < 1.29 is 4.79 Å². The number of nitrogens with two attached hydrogens (primary N) is 1. The molecule has 0 saturated carbocycles. The van der Waals surface area contributed by atoms with Crippen LogP contribution in [0.5, 0.6) is 0 Å². The van der Waals surface area contributed by atoms with Gasteiger partial charge in [0.25, 0.3) is 0 Å². The molecule has 0 fully saturated rings. The van der Waals surface area contributed by atoms with E-state index in [2.05, 4.69) is 28.0 Å². The number of carbonyl (C=O) groups is 1. The van der Waals surface area contributed by atoms with Gasteiger partial charge >= 0.3 is 0 Å². The van der Waals surface area contributed by atoms with Crippen molar-refractivity contribution in [3.05, 3.63) is 16.4 Å². The largest absolute Gasteiger partial charge is 0.330 e. The number of aryl methyl sites for hydroxylation is 1. The first kappa shape index (κ1) is 13.4. The van der Waals surface area contributed by atoms with Gasteiger partial charge in [-0.3, -0.25) is 9.48 Å². The number of aromatic nitrogens is 2. The number of carbonyl (C=O) groups excluding carboxylic acids is 1. The van der Waals surface area contributed by atoms with Crippen LogP contribution in [0.4, 0.5) is 0 Å². The second kappa shape index (κ2) is 6.15. The van der Waals surface area contributed by atoms with Crippen molar-refractivity contribution in [2.75, 3.05) is 6.54 Å². The van der Waals surface area contributed by atoms with Gasteiger partial charge in [-0.2, -0.15) is 5.10 Å². The molecule has 0 spiro atoms. The monoisotopic (exact) mass is 287 g/mol. The SMILES string of the molecule is CCC(CN)CC(=O)c1c(Br)cnn1CC. The van der Waals surface area contributed by atoms with Crippen LogP contribution in [-0.2, 0) is 6.54 Å². The highest BCUT2D eigenvalue weighted by molar-refractivity contribution is 9.10. The Bertz CT molecular complexity index is 358. The second-order valence-electron chi connectivity index (χ2n) is 3.79. The normalized spacial score (nSPS) is 12.8. The molecule has 0 aromatic carbocycles. The zero-order chi connectivity index (χ0) is 12.1. The van der Waals surface area contributed by atoms with Gasteiger partial charge in [0.15, 0.2) is 5.78 Å². The fourth-order valence-electron chi connectivity index (χ4n) is 1.63. The van der Waals surface area contributed by atoms with Gasteiger partial charge in [0.2, 0.25) is 0 Å². The molecular weight excluding hydrogens is 270 g/mol. The number of rotatable bonds is 6. The molecule has 0 aliphatic carbocycles. The molecule has 4 nitrogen and oxygen atoms in total. The van der Waals surface area contributed by atoms with Crippen molar-refractivity contribution >= 4 is 21.7 Å². The van der Waals surface area contributed by atoms with Crippen molar-refractivity contribution in [1.82, 2.24) is 9.78 Å². The van der Waals surface area contributed by atoms with Crippen LogP contribution in [0.25, 0.3) is 0 Å². The van der Waals surface area contributed by atoms with Crippen molar-refractivity contribution in [3.63, 3.8) is 0 Å². The van der Waals surface area contributed by atoms with E-state index in [-0.39, 0.29) is 11.7 Å². The first-order valence-corrected chi connectivity index (χ1v) is 6.37. The molecule has 1 atom stereocenters. The van der Waals surface area contributed by atoms with Gasteiger partial charge in [-0.1, -0.05) is 13.3 Å². The number of ketones is 1. The third kappa shape index (κ3) is 2.92. The molecular formula is C11H18BrN3O. The van der Waals surface area contributed by atoms with Crippen molar-refractivity contribution in [2.24, 2.45) is 11.7 Å². The molecule has 0 radical (unpaired) electrons. The van der Waals surface area contributed by atoms with Crippen LogP contribution in [0.3, 0.4) is 0 Å². The van der Waals surface area contributed by atoms with Crippen LogP contribution in [-0.4, -0.2) is 22.1 Å². The van der Waals surface area contributed by atoms with E-state index in [9.17, 15) is 4.79 Å². The zero-order valence-corrected chi connectivity index (χ0v) is 11.3. The second-order valence-corrected chi connectivity index (χ2v) is 4.65. The predicted octanol–water partition coefficient (Wildman–Crippen LogP) is 2.22. The van der Waals surface area contributed by atoms with Gasteiger partial charge in [-0.05, 0) is 35.3 Å². The van der Waals surface area contributed by atoms with E-state index in [0.717, 1.165) is 10.9 Å². The molecule has 0 aliphatic heterocycles. The third-order valence-electron chi connectivity index (χ3n) is 2.74. The Labute approximate surface area is 104 Å². The molecule has 0 saturated heterocycles. The lowest BCUT2D eigenvalue weighted by Gasteiger charge is -2.11. The minimum atomic E-state index is 0.114. The highest BCUT2D eigenvalue weighted by atomic mass is 79.9. The molecule has 0 bridgehead atoms. The van der Waals surface area contributed by atoms with E-state index in [4.69, 9.17) is 5.73 Å². The summed E-state index contributed by atoms with van der Waals surface area (Å²) in [5.74, 6) is 0.378. The number of nitrogens with zero attached hydrogens (tertiary/aromatic N) is 2. The Kier molecular flexibility index (Phi) is 5.15. The topological polar surface area (TPSA) is 60.9 Å². The summed E-state index contributed by atoms with van der Waals surface area (Å²) in [6, 6.07) is 0. The van der Waals surface area contributed by atoms with Crippen LogP contribution in [0, 0.1) is 5.92 Å². The average molecular weight is 288 g/mol.